The second kappa shape index (κ2) is 10.2. The van der Waals surface area contributed by atoms with Crippen LogP contribution in [0.5, 0.6) is 0 Å². The van der Waals surface area contributed by atoms with Gasteiger partial charge in [0.25, 0.3) is 0 Å². The SMILES string of the molecule is CCCCCCCc1ccc2cc(-c3ccc(-c4ccc(C(F)(F)F)cc4)cc3)ccc2c1. The molecule has 0 N–H and O–H groups in total. The lowest BCUT2D eigenvalue weighted by molar-refractivity contribution is -0.137. The van der Waals surface area contributed by atoms with Crippen LogP contribution < -0.4 is 0 Å². The van der Waals surface area contributed by atoms with Crippen molar-refractivity contribution in [2.24, 2.45) is 0 Å². The smallest absolute Gasteiger partial charge is 0.166 e. The van der Waals surface area contributed by atoms with Gasteiger partial charge in [-0.15, -0.1) is 0 Å². The van der Waals surface area contributed by atoms with Crippen molar-refractivity contribution in [2.45, 2.75) is 51.6 Å². The Hall–Kier alpha value is -3.07. The lowest BCUT2D eigenvalue weighted by atomic mass is 9.96. The highest BCUT2D eigenvalue weighted by molar-refractivity contribution is 5.88. The molecular weight excluding hydrogens is 417 g/mol. The Morgan fingerprint density at radius 2 is 1.06 bits per heavy atom. The molecule has 0 aliphatic rings. The van der Waals surface area contributed by atoms with Crippen LogP contribution in [0.1, 0.15) is 50.2 Å². The van der Waals surface area contributed by atoms with Crippen LogP contribution in [0.3, 0.4) is 0 Å². The maximum absolute atomic E-state index is 12.8. The Labute approximate surface area is 194 Å². The molecule has 0 amide bonds. The van der Waals surface area contributed by atoms with E-state index < -0.39 is 11.7 Å². The van der Waals surface area contributed by atoms with Crippen molar-refractivity contribution in [3.05, 3.63) is 96.1 Å². The first-order valence-corrected chi connectivity index (χ1v) is 11.7. The summed E-state index contributed by atoms with van der Waals surface area (Å²) >= 11 is 0. The predicted octanol–water partition coefficient (Wildman–Crippen LogP) is 9.71. The van der Waals surface area contributed by atoms with Crippen LogP contribution in [0.25, 0.3) is 33.0 Å². The summed E-state index contributed by atoms with van der Waals surface area (Å²) in [4.78, 5) is 0. The molecule has 0 spiro atoms. The van der Waals surface area contributed by atoms with E-state index in [-0.39, 0.29) is 0 Å². The molecule has 0 fully saturated rings. The van der Waals surface area contributed by atoms with Crippen molar-refractivity contribution in [1.82, 2.24) is 0 Å². The van der Waals surface area contributed by atoms with Gasteiger partial charge in [-0.1, -0.05) is 99.3 Å². The van der Waals surface area contributed by atoms with Gasteiger partial charge in [-0.05, 0) is 69.6 Å². The number of aryl methyl sites for hydroxylation is 1. The predicted molar refractivity (Wildman–Crippen MR) is 132 cm³/mol. The molecule has 0 nitrogen and oxygen atoms in total. The van der Waals surface area contributed by atoms with Gasteiger partial charge in [-0.25, -0.2) is 0 Å². The van der Waals surface area contributed by atoms with E-state index >= 15 is 0 Å². The lowest BCUT2D eigenvalue weighted by Crippen LogP contribution is -2.03. The molecule has 3 heteroatoms. The summed E-state index contributed by atoms with van der Waals surface area (Å²) in [6, 6.07) is 26.5. The average Bonchev–Trinajstić information content (AvgIpc) is 2.83. The molecular formula is C30H29F3. The van der Waals surface area contributed by atoms with Crippen LogP contribution in [-0.2, 0) is 12.6 Å². The number of unbranched alkanes of at least 4 members (excludes halogenated alkanes) is 4. The third-order valence-electron chi connectivity index (χ3n) is 6.24. The molecule has 0 saturated heterocycles. The molecule has 33 heavy (non-hydrogen) atoms. The molecule has 0 heterocycles. The number of alkyl halides is 3. The van der Waals surface area contributed by atoms with Gasteiger partial charge in [0.15, 0.2) is 0 Å². The molecule has 0 aliphatic carbocycles. The van der Waals surface area contributed by atoms with Gasteiger partial charge in [-0.3, -0.25) is 0 Å². The third-order valence-corrected chi connectivity index (χ3v) is 6.24. The highest BCUT2D eigenvalue weighted by atomic mass is 19.4. The van der Waals surface area contributed by atoms with E-state index in [9.17, 15) is 13.2 Å². The maximum atomic E-state index is 12.8. The molecule has 0 unspecified atom stereocenters. The van der Waals surface area contributed by atoms with Crippen LogP contribution in [-0.4, -0.2) is 0 Å². The number of fused-ring (bicyclic) bond motifs is 1. The molecule has 0 radical (unpaired) electrons. The monoisotopic (exact) mass is 446 g/mol. The van der Waals surface area contributed by atoms with Gasteiger partial charge in [0.1, 0.15) is 0 Å². The Morgan fingerprint density at radius 1 is 0.545 bits per heavy atom. The van der Waals surface area contributed by atoms with Gasteiger partial charge >= 0.3 is 6.18 Å². The molecule has 0 saturated carbocycles. The van der Waals surface area contributed by atoms with Crippen LogP contribution in [0.2, 0.25) is 0 Å². The van der Waals surface area contributed by atoms with Gasteiger partial charge in [0.2, 0.25) is 0 Å². The normalized spacial score (nSPS) is 11.8. The topological polar surface area (TPSA) is 0 Å². The van der Waals surface area contributed by atoms with E-state index in [1.54, 1.807) is 0 Å². The second-order valence-electron chi connectivity index (χ2n) is 8.71. The van der Waals surface area contributed by atoms with E-state index in [0.717, 1.165) is 40.8 Å². The first-order chi connectivity index (χ1) is 15.9. The Kier molecular flexibility index (Phi) is 7.17. The van der Waals surface area contributed by atoms with Gasteiger partial charge < -0.3 is 0 Å². The van der Waals surface area contributed by atoms with Crippen molar-refractivity contribution >= 4 is 10.8 Å². The van der Waals surface area contributed by atoms with E-state index in [1.807, 2.05) is 24.3 Å². The van der Waals surface area contributed by atoms with Gasteiger partial charge in [0.05, 0.1) is 5.56 Å². The second-order valence-corrected chi connectivity index (χ2v) is 8.71. The number of rotatable bonds is 8. The molecule has 0 aliphatic heterocycles. The molecule has 170 valence electrons. The molecule has 4 aromatic rings. The molecule has 0 aromatic heterocycles. The fourth-order valence-electron chi connectivity index (χ4n) is 4.27. The standard InChI is InChI=1S/C30H29F3/c1-2-3-4-5-6-7-22-8-9-28-21-27(15-14-26(28)20-22)25-12-10-23(11-13-25)24-16-18-29(19-17-24)30(31,32)33/h8-21H,2-7H2,1H3. The van der Waals surface area contributed by atoms with Gasteiger partial charge in [-0.2, -0.15) is 13.2 Å². The minimum atomic E-state index is -4.31. The Morgan fingerprint density at radius 3 is 1.70 bits per heavy atom. The fourth-order valence-corrected chi connectivity index (χ4v) is 4.27. The fraction of sp³-hybridized carbons (Fsp3) is 0.267. The van der Waals surface area contributed by atoms with Crippen LogP contribution in [0.4, 0.5) is 13.2 Å². The number of halogens is 3. The first-order valence-electron chi connectivity index (χ1n) is 11.7. The largest absolute Gasteiger partial charge is 0.416 e. The summed E-state index contributed by atoms with van der Waals surface area (Å²) in [5, 5.41) is 2.47. The van der Waals surface area contributed by atoms with Crippen LogP contribution in [0.15, 0.2) is 84.9 Å². The molecule has 0 atom stereocenters. The Bertz CT molecular complexity index is 1190. The van der Waals surface area contributed by atoms with Crippen molar-refractivity contribution in [1.29, 1.82) is 0 Å². The van der Waals surface area contributed by atoms with E-state index in [0.29, 0.717) is 0 Å². The first kappa shape index (κ1) is 23.1. The zero-order valence-electron chi connectivity index (χ0n) is 19.0. The summed E-state index contributed by atoms with van der Waals surface area (Å²) in [5.41, 5.74) is 4.67. The Balaban J connectivity index is 1.46. The van der Waals surface area contributed by atoms with Crippen LogP contribution >= 0.6 is 0 Å². The summed E-state index contributed by atoms with van der Waals surface area (Å²) in [6.07, 6.45) is 3.29. The minimum absolute atomic E-state index is 0.626. The van der Waals surface area contributed by atoms with E-state index in [1.165, 1.54) is 60.6 Å². The van der Waals surface area contributed by atoms with Crippen molar-refractivity contribution in [2.75, 3.05) is 0 Å². The third kappa shape index (κ3) is 5.84. The highest BCUT2D eigenvalue weighted by Gasteiger charge is 2.29. The van der Waals surface area contributed by atoms with Crippen molar-refractivity contribution in [3.8, 4) is 22.3 Å². The molecule has 4 aromatic carbocycles. The lowest BCUT2D eigenvalue weighted by Gasteiger charge is -2.09. The minimum Gasteiger partial charge on any atom is -0.166 e. The average molecular weight is 447 g/mol. The van der Waals surface area contributed by atoms with E-state index in [4.69, 9.17) is 0 Å². The zero-order valence-corrected chi connectivity index (χ0v) is 19.0. The van der Waals surface area contributed by atoms with Gasteiger partial charge in [0, 0.05) is 0 Å². The van der Waals surface area contributed by atoms with Crippen molar-refractivity contribution in [3.63, 3.8) is 0 Å². The highest BCUT2D eigenvalue weighted by Crippen LogP contribution is 2.32. The number of benzene rings is 4. The summed E-state index contributed by atoms with van der Waals surface area (Å²) in [5.74, 6) is 0. The zero-order chi connectivity index (χ0) is 23.3. The van der Waals surface area contributed by atoms with Crippen molar-refractivity contribution < 1.29 is 13.2 Å². The molecule has 0 bridgehead atoms. The number of hydrogen-bond acceptors (Lipinski definition) is 0. The molecule has 4 rings (SSSR count). The summed E-state index contributed by atoms with van der Waals surface area (Å²) < 4.78 is 38.4. The quantitative estimate of drug-likeness (QED) is 0.236. The van der Waals surface area contributed by atoms with Crippen LogP contribution in [0, 0.1) is 0 Å². The maximum Gasteiger partial charge on any atom is 0.416 e. The summed E-state index contributed by atoms with van der Waals surface area (Å²) in [6.45, 7) is 2.24. The van der Waals surface area contributed by atoms with E-state index in [2.05, 4.69) is 43.3 Å². The number of hydrogen-bond donors (Lipinski definition) is 0. The summed E-state index contributed by atoms with van der Waals surface area (Å²) in [7, 11) is 0.